The number of nitrogens with one attached hydrogen (secondary N) is 1. The van der Waals surface area contributed by atoms with Gasteiger partial charge in [-0.2, -0.15) is 5.26 Å². The lowest BCUT2D eigenvalue weighted by molar-refractivity contribution is 0.0929. The first kappa shape index (κ1) is 17.2. The highest BCUT2D eigenvalue weighted by Crippen LogP contribution is 2.26. The van der Waals surface area contributed by atoms with E-state index in [-0.39, 0.29) is 17.8 Å². The molecule has 0 bridgehead atoms. The second-order valence-electron chi connectivity index (χ2n) is 6.33. The lowest BCUT2D eigenvalue weighted by Crippen LogP contribution is -2.37. The molecule has 6 heteroatoms. The minimum absolute atomic E-state index is 0.191. The minimum atomic E-state index is -0.260. The van der Waals surface area contributed by atoms with Gasteiger partial charge in [0.1, 0.15) is 17.6 Å². The first-order valence-corrected chi connectivity index (χ1v) is 8.43. The van der Waals surface area contributed by atoms with Gasteiger partial charge in [-0.25, -0.2) is 4.39 Å². The number of hydrogen-bond donors (Lipinski definition) is 1. The molecule has 25 heavy (non-hydrogen) atoms. The van der Waals surface area contributed by atoms with E-state index in [2.05, 4.69) is 10.2 Å². The fourth-order valence-corrected chi connectivity index (χ4v) is 3.37. The second-order valence-corrected chi connectivity index (χ2v) is 6.33. The summed E-state index contributed by atoms with van der Waals surface area (Å²) in [5.41, 5.74) is 1.47. The Balaban J connectivity index is 1.76. The van der Waals surface area contributed by atoms with Crippen LogP contribution >= 0.6 is 0 Å². The van der Waals surface area contributed by atoms with Crippen LogP contribution in [0.25, 0.3) is 0 Å². The topological polar surface area (TPSA) is 61.1 Å². The van der Waals surface area contributed by atoms with Crippen LogP contribution in [-0.2, 0) is 7.05 Å². The summed E-state index contributed by atoms with van der Waals surface area (Å²) in [5.74, 6) is -0.510. The SMILES string of the molecule is Cn1cc(C#N)cc1C(=O)NC[C@H](c1ccccc1F)N1CCCC1. The third kappa shape index (κ3) is 3.72. The van der Waals surface area contributed by atoms with Gasteiger partial charge >= 0.3 is 0 Å². The Morgan fingerprint density at radius 1 is 1.36 bits per heavy atom. The Bertz CT molecular complexity index is 802. The van der Waals surface area contributed by atoms with E-state index in [0.717, 1.165) is 25.9 Å². The zero-order valence-electron chi connectivity index (χ0n) is 14.2. The number of amides is 1. The predicted molar refractivity (Wildman–Crippen MR) is 92.4 cm³/mol. The van der Waals surface area contributed by atoms with Crippen LogP contribution in [0.3, 0.4) is 0 Å². The number of nitriles is 1. The lowest BCUT2D eigenvalue weighted by atomic mass is 10.0. The van der Waals surface area contributed by atoms with E-state index in [4.69, 9.17) is 5.26 Å². The molecule has 1 aliphatic rings. The van der Waals surface area contributed by atoms with E-state index in [1.54, 1.807) is 36.0 Å². The smallest absolute Gasteiger partial charge is 0.268 e. The van der Waals surface area contributed by atoms with Crippen LogP contribution in [0.2, 0.25) is 0 Å². The maximum atomic E-state index is 14.3. The van der Waals surface area contributed by atoms with Crippen LogP contribution in [0.15, 0.2) is 36.5 Å². The first-order valence-electron chi connectivity index (χ1n) is 8.43. The van der Waals surface area contributed by atoms with Crippen LogP contribution in [0, 0.1) is 17.1 Å². The zero-order valence-corrected chi connectivity index (χ0v) is 14.2. The summed E-state index contributed by atoms with van der Waals surface area (Å²) in [6.07, 6.45) is 3.79. The van der Waals surface area contributed by atoms with Crippen molar-refractivity contribution in [2.45, 2.75) is 18.9 Å². The van der Waals surface area contributed by atoms with E-state index >= 15 is 0 Å². The summed E-state index contributed by atoms with van der Waals surface area (Å²) in [6, 6.07) is 10.1. The predicted octanol–water partition coefficient (Wildman–Crippen LogP) is 2.60. The van der Waals surface area contributed by atoms with Gasteiger partial charge in [0, 0.05) is 25.4 Å². The van der Waals surface area contributed by atoms with Gasteiger partial charge in [-0.05, 0) is 38.1 Å². The van der Waals surface area contributed by atoms with Crippen LogP contribution in [0.4, 0.5) is 4.39 Å². The van der Waals surface area contributed by atoms with Crippen molar-refractivity contribution in [2.75, 3.05) is 19.6 Å². The monoisotopic (exact) mass is 340 g/mol. The molecule has 1 aliphatic heterocycles. The summed E-state index contributed by atoms with van der Waals surface area (Å²) in [7, 11) is 1.73. The summed E-state index contributed by atoms with van der Waals surface area (Å²) in [4.78, 5) is 14.7. The van der Waals surface area contributed by atoms with Gasteiger partial charge in [0.2, 0.25) is 0 Å². The molecule has 1 saturated heterocycles. The first-order chi connectivity index (χ1) is 12.1. The Morgan fingerprint density at radius 2 is 2.08 bits per heavy atom. The molecule has 1 aromatic heterocycles. The molecule has 0 spiro atoms. The molecule has 0 aliphatic carbocycles. The molecule has 0 radical (unpaired) electrons. The average Bonchev–Trinajstić information content (AvgIpc) is 3.26. The molecule has 3 rings (SSSR count). The molecule has 5 nitrogen and oxygen atoms in total. The Kier molecular flexibility index (Phi) is 5.15. The summed E-state index contributed by atoms with van der Waals surface area (Å²) < 4.78 is 15.9. The quantitative estimate of drug-likeness (QED) is 0.910. The Labute approximate surface area is 146 Å². The average molecular weight is 340 g/mol. The number of benzene rings is 1. The van der Waals surface area contributed by atoms with Gasteiger partial charge in [-0.1, -0.05) is 18.2 Å². The number of carbonyl (C=O) groups excluding carboxylic acids is 1. The summed E-state index contributed by atoms with van der Waals surface area (Å²) in [6.45, 7) is 2.13. The van der Waals surface area contributed by atoms with Crippen LogP contribution in [0.1, 0.15) is 40.5 Å². The summed E-state index contributed by atoms with van der Waals surface area (Å²) in [5, 5.41) is 11.9. The highest BCUT2D eigenvalue weighted by molar-refractivity contribution is 5.93. The van der Waals surface area contributed by atoms with Crippen LogP contribution in [-0.4, -0.2) is 35.0 Å². The minimum Gasteiger partial charge on any atom is -0.349 e. The standard InChI is InChI=1S/C19H21FN4O/c1-23-13-14(11-21)10-17(23)19(25)22-12-18(24-8-4-5-9-24)15-6-2-3-7-16(15)20/h2-3,6-7,10,13,18H,4-5,8-9,12H2,1H3,(H,22,25)/t18-/m1/s1. The highest BCUT2D eigenvalue weighted by atomic mass is 19.1. The van der Waals surface area contributed by atoms with E-state index in [9.17, 15) is 9.18 Å². The molecule has 130 valence electrons. The van der Waals surface area contributed by atoms with Gasteiger partial charge in [0.05, 0.1) is 11.6 Å². The largest absolute Gasteiger partial charge is 0.349 e. The molecule has 1 amide bonds. The Hall–Kier alpha value is -2.65. The van der Waals surface area contributed by atoms with Crippen LogP contribution < -0.4 is 5.32 Å². The van der Waals surface area contributed by atoms with Crippen molar-refractivity contribution in [3.63, 3.8) is 0 Å². The maximum absolute atomic E-state index is 14.3. The zero-order chi connectivity index (χ0) is 17.8. The number of halogens is 1. The number of carbonyl (C=O) groups is 1. The molecule has 1 fully saturated rings. The van der Waals surface area contributed by atoms with E-state index < -0.39 is 0 Å². The van der Waals surface area contributed by atoms with E-state index in [1.807, 2.05) is 12.1 Å². The second kappa shape index (κ2) is 7.49. The fraction of sp³-hybridized carbons (Fsp3) is 0.368. The highest BCUT2D eigenvalue weighted by Gasteiger charge is 2.26. The van der Waals surface area contributed by atoms with E-state index in [0.29, 0.717) is 23.4 Å². The number of aromatic nitrogens is 1. The third-order valence-electron chi connectivity index (χ3n) is 4.67. The van der Waals surface area contributed by atoms with E-state index in [1.165, 1.54) is 6.07 Å². The lowest BCUT2D eigenvalue weighted by Gasteiger charge is -2.28. The number of aryl methyl sites for hydroxylation is 1. The molecule has 0 unspecified atom stereocenters. The van der Waals surface area contributed by atoms with Crippen molar-refractivity contribution in [3.05, 3.63) is 59.2 Å². The molecule has 1 atom stereocenters. The van der Waals surface area contributed by atoms with Gasteiger partial charge in [-0.3, -0.25) is 9.69 Å². The van der Waals surface area contributed by atoms with Gasteiger partial charge in [0.15, 0.2) is 0 Å². The molecule has 1 N–H and O–H groups in total. The number of nitrogens with zero attached hydrogens (tertiary/aromatic N) is 3. The van der Waals surface area contributed by atoms with Crippen LogP contribution in [0.5, 0.6) is 0 Å². The maximum Gasteiger partial charge on any atom is 0.268 e. The fourth-order valence-electron chi connectivity index (χ4n) is 3.37. The normalized spacial score (nSPS) is 15.7. The van der Waals surface area contributed by atoms with Gasteiger partial charge < -0.3 is 9.88 Å². The number of rotatable bonds is 5. The molecule has 1 aromatic carbocycles. The summed E-state index contributed by atoms with van der Waals surface area (Å²) >= 11 is 0. The van der Waals surface area contributed by atoms with Crippen molar-refractivity contribution in [3.8, 4) is 6.07 Å². The van der Waals surface area contributed by atoms with Crippen molar-refractivity contribution >= 4 is 5.91 Å². The molecule has 2 aromatic rings. The van der Waals surface area contributed by atoms with Crippen molar-refractivity contribution in [1.82, 2.24) is 14.8 Å². The molecular weight excluding hydrogens is 319 g/mol. The molecule has 2 heterocycles. The Morgan fingerprint density at radius 3 is 2.72 bits per heavy atom. The van der Waals surface area contributed by atoms with Crippen molar-refractivity contribution in [1.29, 1.82) is 5.26 Å². The van der Waals surface area contributed by atoms with Crippen molar-refractivity contribution in [2.24, 2.45) is 7.05 Å². The molecular formula is C19H21FN4O. The third-order valence-corrected chi connectivity index (χ3v) is 4.67. The van der Waals surface area contributed by atoms with Gasteiger partial charge in [-0.15, -0.1) is 0 Å². The molecule has 0 saturated carbocycles. The van der Waals surface area contributed by atoms with Crippen molar-refractivity contribution < 1.29 is 9.18 Å². The number of likely N-dealkylation sites (tertiary alicyclic amines) is 1. The number of hydrogen-bond acceptors (Lipinski definition) is 3. The van der Waals surface area contributed by atoms with Gasteiger partial charge in [0.25, 0.3) is 5.91 Å².